The van der Waals surface area contributed by atoms with Crippen molar-refractivity contribution in [2.45, 2.75) is 26.9 Å². The third-order valence-electron chi connectivity index (χ3n) is 2.13. The van der Waals surface area contributed by atoms with Gasteiger partial charge in [-0.3, -0.25) is 0 Å². The zero-order chi connectivity index (χ0) is 10.6. The van der Waals surface area contributed by atoms with Crippen molar-refractivity contribution in [2.24, 2.45) is 5.73 Å². The minimum Gasteiger partial charge on any atom is -0.377 e. The van der Waals surface area contributed by atoms with Crippen LogP contribution in [0.1, 0.15) is 22.8 Å². The van der Waals surface area contributed by atoms with E-state index in [9.17, 15) is 0 Å². The molecule has 0 aliphatic carbocycles. The van der Waals surface area contributed by atoms with Crippen molar-refractivity contribution in [3.8, 4) is 0 Å². The lowest BCUT2D eigenvalue weighted by molar-refractivity contribution is 0.177. The number of ether oxygens (including phenoxy) is 1. The van der Waals surface area contributed by atoms with E-state index in [1.165, 1.54) is 0 Å². The molecule has 0 aliphatic rings. The molecule has 0 fully saturated rings. The fraction of sp³-hybridized carbons (Fsp3) is 0.600. The molecule has 0 aromatic carbocycles. The second kappa shape index (κ2) is 5.02. The highest BCUT2D eigenvalue weighted by atomic mass is 16.5. The van der Waals surface area contributed by atoms with E-state index in [0.717, 1.165) is 29.2 Å². The number of rotatable bonds is 4. The molecule has 0 saturated heterocycles. The van der Waals surface area contributed by atoms with Crippen molar-refractivity contribution in [3.05, 3.63) is 22.8 Å². The van der Waals surface area contributed by atoms with Gasteiger partial charge in [0, 0.05) is 18.5 Å². The molecular weight excluding hydrogens is 178 g/mol. The zero-order valence-electron chi connectivity index (χ0n) is 9.00. The third-order valence-corrected chi connectivity index (χ3v) is 2.13. The quantitative estimate of drug-likeness (QED) is 0.769. The summed E-state index contributed by atoms with van der Waals surface area (Å²) in [4.78, 5) is 8.70. The average Bonchev–Trinajstić information content (AvgIpc) is 2.12. The first-order valence-corrected chi connectivity index (χ1v) is 4.71. The van der Waals surface area contributed by atoms with E-state index in [1.54, 1.807) is 7.11 Å². The van der Waals surface area contributed by atoms with Crippen molar-refractivity contribution in [2.75, 3.05) is 13.7 Å². The summed E-state index contributed by atoms with van der Waals surface area (Å²) in [5, 5.41) is 0. The number of hydrogen-bond acceptors (Lipinski definition) is 4. The van der Waals surface area contributed by atoms with Crippen molar-refractivity contribution in [1.29, 1.82) is 0 Å². The second-order valence-corrected chi connectivity index (χ2v) is 3.26. The molecule has 1 aromatic rings. The smallest absolute Gasteiger partial charge is 0.154 e. The van der Waals surface area contributed by atoms with Crippen LogP contribution in [0.15, 0.2) is 0 Å². The van der Waals surface area contributed by atoms with Gasteiger partial charge in [-0.25, -0.2) is 9.97 Å². The number of aromatic nitrogens is 2. The molecular formula is C10H17N3O. The Morgan fingerprint density at radius 2 is 1.79 bits per heavy atom. The molecule has 0 radical (unpaired) electrons. The number of hydrogen-bond donors (Lipinski definition) is 1. The highest BCUT2D eigenvalue weighted by Gasteiger charge is 2.07. The molecule has 1 heterocycles. The molecule has 0 spiro atoms. The molecule has 14 heavy (non-hydrogen) atoms. The van der Waals surface area contributed by atoms with Gasteiger partial charge in [-0.05, 0) is 32.4 Å². The summed E-state index contributed by atoms with van der Waals surface area (Å²) in [7, 11) is 1.64. The van der Waals surface area contributed by atoms with Crippen molar-refractivity contribution >= 4 is 0 Å². The Labute approximate surface area is 84.5 Å². The molecule has 1 rings (SSSR count). The van der Waals surface area contributed by atoms with Gasteiger partial charge in [0.25, 0.3) is 0 Å². The van der Waals surface area contributed by atoms with E-state index in [4.69, 9.17) is 10.5 Å². The Morgan fingerprint density at radius 3 is 2.21 bits per heavy atom. The number of nitrogens with zero attached hydrogens (tertiary/aromatic N) is 2. The first-order chi connectivity index (χ1) is 6.69. The Bertz CT molecular complexity index is 289. The highest BCUT2D eigenvalue weighted by Crippen LogP contribution is 2.10. The summed E-state index contributed by atoms with van der Waals surface area (Å²) in [5.41, 5.74) is 8.69. The fourth-order valence-electron chi connectivity index (χ4n) is 1.51. The molecule has 0 saturated carbocycles. The van der Waals surface area contributed by atoms with Gasteiger partial charge in [0.15, 0.2) is 5.82 Å². The maximum absolute atomic E-state index is 5.51. The van der Waals surface area contributed by atoms with Crippen LogP contribution in [-0.2, 0) is 17.8 Å². The number of methoxy groups -OCH3 is 1. The molecule has 78 valence electrons. The van der Waals surface area contributed by atoms with E-state index in [0.29, 0.717) is 13.2 Å². The molecule has 2 N–H and O–H groups in total. The zero-order valence-corrected chi connectivity index (χ0v) is 9.00. The summed E-state index contributed by atoms with van der Waals surface area (Å²) in [6.07, 6.45) is 0.838. The van der Waals surface area contributed by atoms with Crippen LogP contribution < -0.4 is 5.73 Å². The van der Waals surface area contributed by atoms with Gasteiger partial charge < -0.3 is 10.5 Å². The van der Waals surface area contributed by atoms with E-state index in [-0.39, 0.29) is 0 Å². The molecule has 4 heteroatoms. The van der Waals surface area contributed by atoms with Gasteiger partial charge in [-0.1, -0.05) is 0 Å². The van der Waals surface area contributed by atoms with Gasteiger partial charge in [-0.15, -0.1) is 0 Å². The monoisotopic (exact) mass is 195 g/mol. The summed E-state index contributed by atoms with van der Waals surface area (Å²) >= 11 is 0. The van der Waals surface area contributed by atoms with E-state index < -0.39 is 0 Å². The van der Waals surface area contributed by atoms with E-state index in [2.05, 4.69) is 9.97 Å². The largest absolute Gasteiger partial charge is 0.377 e. The minimum atomic E-state index is 0.463. The molecule has 1 aromatic heterocycles. The van der Waals surface area contributed by atoms with Gasteiger partial charge in [-0.2, -0.15) is 0 Å². The van der Waals surface area contributed by atoms with Crippen LogP contribution in [0.3, 0.4) is 0 Å². The van der Waals surface area contributed by atoms with Crippen LogP contribution in [-0.4, -0.2) is 23.6 Å². The van der Waals surface area contributed by atoms with Crippen LogP contribution in [0.25, 0.3) is 0 Å². The molecule has 4 nitrogen and oxygen atoms in total. The number of nitrogens with two attached hydrogens (primary N) is 1. The van der Waals surface area contributed by atoms with Gasteiger partial charge in [0.2, 0.25) is 0 Å². The van der Waals surface area contributed by atoms with Crippen LogP contribution in [0.2, 0.25) is 0 Å². The first kappa shape index (κ1) is 11.1. The maximum Gasteiger partial charge on any atom is 0.154 e. The SMILES string of the molecule is COCc1nc(C)c(CCN)c(C)n1. The Hall–Kier alpha value is -1.00. The fourth-order valence-corrected chi connectivity index (χ4v) is 1.51. The lowest BCUT2D eigenvalue weighted by Gasteiger charge is -2.09. The number of aryl methyl sites for hydroxylation is 2. The van der Waals surface area contributed by atoms with E-state index >= 15 is 0 Å². The highest BCUT2D eigenvalue weighted by molar-refractivity contribution is 5.24. The molecule has 0 bridgehead atoms. The Balaban J connectivity index is 2.98. The average molecular weight is 195 g/mol. The summed E-state index contributed by atoms with van der Waals surface area (Å²) in [6, 6.07) is 0. The van der Waals surface area contributed by atoms with Crippen LogP contribution in [0.4, 0.5) is 0 Å². The summed E-state index contributed by atoms with van der Waals surface area (Å²) < 4.78 is 4.99. The normalized spacial score (nSPS) is 10.6. The van der Waals surface area contributed by atoms with Crippen molar-refractivity contribution in [3.63, 3.8) is 0 Å². The summed E-state index contributed by atoms with van der Waals surface area (Å²) in [6.45, 7) is 5.07. The lowest BCUT2D eigenvalue weighted by atomic mass is 10.1. The third kappa shape index (κ3) is 2.49. The maximum atomic E-state index is 5.51. The van der Waals surface area contributed by atoms with Crippen LogP contribution >= 0.6 is 0 Å². The van der Waals surface area contributed by atoms with E-state index in [1.807, 2.05) is 13.8 Å². The summed E-state index contributed by atoms with van der Waals surface area (Å²) in [5.74, 6) is 0.739. The Morgan fingerprint density at radius 1 is 1.21 bits per heavy atom. The topological polar surface area (TPSA) is 61.0 Å². The molecule has 0 amide bonds. The molecule has 0 unspecified atom stereocenters. The van der Waals surface area contributed by atoms with Gasteiger partial charge in [0.1, 0.15) is 6.61 Å². The predicted octanol–water partition coefficient (Wildman–Crippen LogP) is 0.741. The van der Waals surface area contributed by atoms with Crippen molar-refractivity contribution < 1.29 is 4.74 Å². The van der Waals surface area contributed by atoms with Gasteiger partial charge >= 0.3 is 0 Å². The van der Waals surface area contributed by atoms with Crippen LogP contribution in [0, 0.1) is 13.8 Å². The van der Waals surface area contributed by atoms with Crippen molar-refractivity contribution in [1.82, 2.24) is 9.97 Å². The predicted molar refractivity (Wildman–Crippen MR) is 55.0 cm³/mol. The van der Waals surface area contributed by atoms with Gasteiger partial charge in [0.05, 0.1) is 0 Å². The second-order valence-electron chi connectivity index (χ2n) is 3.26. The van der Waals surface area contributed by atoms with Crippen LogP contribution in [0.5, 0.6) is 0 Å². The minimum absolute atomic E-state index is 0.463. The Kier molecular flexibility index (Phi) is 3.98. The lowest BCUT2D eigenvalue weighted by Crippen LogP contribution is -2.10. The molecule has 0 atom stereocenters. The first-order valence-electron chi connectivity index (χ1n) is 4.71. The molecule has 0 aliphatic heterocycles. The standard InChI is InChI=1S/C10H17N3O/c1-7-9(4-5-11)8(2)13-10(12-7)6-14-3/h4-6,11H2,1-3H3.